The standard InChI is InChI=1S/C55H98N4O7S/c1-7-11-15-19-21-25-33-45(32-24-17-13-9-3)55(64)65-43-31-23-28-37-50(61)59-41-39-47-48(44-59)67-54(52(47)53(63)56-40-42-58(5)6)57-49(60)36-29-30-38-51(62)66-46(34-26-18-14-10-4)35-27-22-20-16-12-8-2/h45-46H,7-44H2,1-6H3,(H,56,63)(H,57,60). The van der Waals surface area contributed by atoms with Gasteiger partial charge in [-0.15, -0.1) is 11.3 Å². The van der Waals surface area contributed by atoms with Crippen LogP contribution in [0, 0.1) is 5.92 Å². The molecule has 0 spiro atoms. The van der Waals surface area contributed by atoms with Gasteiger partial charge in [0.2, 0.25) is 11.8 Å². The predicted octanol–water partition coefficient (Wildman–Crippen LogP) is 13.5. The Bertz CT molecular complexity index is 1500. The highest BCUT2D eigenvalue weighted by molar-refractivity contribution is 7.17. The highest BCUT2D eigenvalue weighted by Crippen LogP contribution is 2.38. The molecule has 67 heavy (non-hydrogen) atoms. The topological polar surface area (TPSA) is 134 Å². The van der Waals surface area contributed by atoms with E-state index in [2.05, 4.69) is 38.3 Å². The molecule has 1 aliphatic rings. The number of unbranched alkanes of at least 4 members (excludes halogenated alkanes) is 19. The first-order valence-electron chi connectivity index (χ1n) is 27.5. The van der Waals surface area contributed by atoms with E-state index < -0.39 is 0 Å². The summed E-state index contributed by atoms with van der Waals surface area (Å²) in [7, 11) is 3.91. The smallest absolute Gasteiger partial charge is 0.308 e. The van der Waals surface area contributed by atoms with Crippen LogP contribution in [-0.2, 0) is 41.6 Å². The molecule has 0 aliphatic carbocycles. The number of hydrogen-bond acceptors (Lipinski definition) is 9. The van der Waals surface area contributed by atoms with Gasteiger partial charge in [-0.25, -0.2) is 0 Å². The maximum atomic E-state index is 13.7. The summed E-state index contributed by atoms with van der Waals surface area (Å²) in [6.45, 7) is 11.4. The molecule has 2 atom stereocenters. The third kappa shape index (κ3) is 27.7. The summed E-state index contributed by atoms with van der Waals surface area (Å²) in [5.41, 5.74) is 1.41. The van der Waals surface area contributed by atoms with Crippen LogP contribution in [0.15, 0.2) is 0 Å². The number of nitrogens with one attached hydrogen (secondary N) is 2. The van der Waals surface area contributed by atoms with Crippen molar-refractivity contribution < 1.29 is 33.4 Å². The zero-order valence-corrected chi connectivity index (χ0v) is 44.5. The molecule has 0 saturated carbocycles. The van der Waals surface area contributed by atoms with Crippen molar-refractivity contribution in [3.05, 3.63) is 16.0 Å². The van der Waals surface area contributed by atoms with E-state index in [0.29, 0.717) is 75.5 Å². The van der Waals surface area contributed by atoms with Crippen molar-refractivity contribution in [1.82, 2.24) is 15.1 Å². The Labute approximate surface area is 412 Å². The van der Waals surface area contributed by atoms with Gasteiger partial charge in [0.1, 0.15) is 11.1 Å². The molecule has 386 valence electrons. The zero-order valence-electron chi connectivity index (χ0n) is 43.7. The predicted molar refractivity (Wildman–Crippen MR) is 278 cm³/mol. The number of carbonyl (C=O) groups excluding carboxylic acids is 5. The molecular formula is C55H98N4O7S. The van der Waals surface area contributed by atoms with Crippen LogP contribution in [0.5, 0.6) is 0 Å². The minimum atomic E-state index is -0.215. The van der Waals surface area contributed by atoms with E-state index in [1.54, 1.807) is 0 Å². The number of hydrogen-bond donors (Lipinski definition) is 2. The van der Waals surface area contributed by atoms with Crippen LogP contribution in [0.1, 0.15) is 254 Å². The first-order chi connectivity index (χ1) is 32.5. The Kier molecular flexibility index (Phi) is 34.8. The average Bonchev–Trinajstić information content (AvgIpc) is 3.67. The fourth-order valence-corrected chi connectivity index (χ4v) is 10.3. The van der Waals surface area contributed by atoms with Gasteiger partial charge in [-0.3, -0.25) is 24.0 Å². The van der Waals surface area contributed by atoms with Gasteiger partial charge in [-0.05, 0) is 96.7 Å². The van der Waals surface area contributed by atoms with Crippen LogP contribution in [-0.4, -0.2) is 85.9 Å². The van der Waals surface area contributed by atoms with Crippen LogP contribution in [0.4, 0.5) is 5.00 Å². The summed E-state index contributed by atoms with van der Waals surface area (Å²) in [5, 5.41) is 6.60. The van der Waals surface area contributed by atoms with Crippen LogP contribution in [0.3, 0.4) is 0 Å². The van der Waals surface area contributed by atoms with E-state index in [-0.39, 0.29) is 48.1 Å². The Balaban J connectivity index is 1.89. The Hall–Kier alpha value is -2.99. The first-order valence-corrected chi connectivity index (χ1v) is 28.4. The van der Waals surface area contributed by atoms with Gasteiger partial charge in [-0.1, -0.05) is 143 Å². The SMILES string of the molecule is CCCCCCCCC(CCCCCC)OC(=O)CCCCC(=O)Nc1sc2c(c1C(=O)NCCN(C)C)CCN(C(=O)CCCCCOC(=O)C(CCCCCC)CCCCCCCC)C2. The van der Waals surface area contributed by atoms with Gasteiger partial charge in [0.15, 0.2) is 0 Å². The molecule has 2 heterocycles. The summed E-state index contributed by atoms with van der Waals surface area (Å²) >= 11 is 1.39. The van der Waals surface area contributed by atoms with Crippen LogP contribution in [0.25, 0.3) is 0 Å². The number of nitrogens with zero attached hydrogens (tertiary/aromatic N) is 2. The summed E-state index contributed by atoms with van der Waals surface area (Å²) in [6.07, 6.45) is 32.4. The number of ether oxygens (including phenoxy) is 2. The summed E-state index contributed by atoms with van der Waals surface area (Å²) in [4.78, 5) is 71.2. The Morgan fingerprint density at radius 3 is 1.76 bits per heavy atom. The van der Waals surface area contributed by atoms with E-state index in [1.165, 1.54) is 114 Å². The molecule has 2 rings (SSSR count). The number of anilines is 1. The molecule has 1 aliphatic heterocycles. The van der Waals surface area contributed by atoms with Crippen LogP contribution < -0.4 is 10.6 Å². The highest BCUT2D eigenvalue weighted by atomic mass is 32.1. The molecule has 0 radical (unpaired) electrons. The molecule has 0 saturated heterocycles. The molecule has 0 bridgehead atoms. The monoisotopic (exact) mass is 959 g/mol. The number of fused-ring (bicyclic) bond motifs is 1. The second-order valence-corrected chi connectivity index (χ2v) is 20.8. The third-order valence-electron chi connectivity index (χ3n) is 13.3. The van der Waals surface area contributed by atoms with Gasteiger partial charge in [-0.2, -0.15) is 0 Å². The van der Waals surface area contributed by atoms with Crippen LogP contribution in [0.2, 0.25) is 0 Å². The highest BCUT2D eigenvalue weighted by Gasteiger charge is 2.30. The third-order valence-corrected chi connectivity index (χ3v) is 14.4. The van der Waals surface area contributed by atoms with Gasteiger partial charge >= 0.3 is 11.9 Å². The molecule has 1 aromatic rings. The lowest BCUT2D eigenvalue weighted by atomic mass is 9.94. The molecule has 3 amide bonds. The van der Waals surface area contributed by atoms with Crippen molar-refractivity contribution in [3.63, 3.8) is 0 Å². The number of amides is 3. The second kappa shape index (κ2) is 38.8. The van der Waals surface area contributed by atoms with E-state index >= 15 is 0 Å². The van der Waals surface area contributed by atoms with Gasteiger partial charge in [0.25, 0.3) is 5.91 Å². The molecule has 0 aromatic carbocycles. The number of thiophene rings is 1. The normalized spacial score (nSPS) is 13.3. The van der Waals surface area contributed by atoms with Crippen molar-refractivity contribution in [2.75, 3.05) is 45.7 Å². The van der Waals surface area contributed by atoms with E-state index in [0.717, 1.165) is 81.1 Å². The number of likely N-dealkylation sites (N-methyl/N-ethyl adjacent to an activating group) is 1. The second-order valence-electron chi connectivity index (χ2n) is 19.7. The molecule has 11 nitrogen and oxygen atoms in total. The molecular weight excluding hydrogens is 861 g/mol. The lowest BCUT2D eigenvalue weighted by Crippen LogP contribution is -2.36. The van der Waals surface area contributed by atoms with Crippen molar-refractivity contribution in [1.29, 1.82) is 0 Å². The molecule has 2 unspecified atom stereocenters. The van der Waals surface area contributed by atoms with Gasteiger partial charge in [0, 0.05) is 43.8 Å². The van der Waals surface area contributed by atoms with E-state index in [1.807, 2.05) is 23.9 Å². The lowest BCUT2D eigenvalue weighted by molar-refractivity contribution is -0.150. The van der Waals surface area contributed by atoms with E-state index in [4.69, 9.17) is 9.47 Å². The largest absolute Gasteiger partial charge is 0.465 e. The average molecular weight is 959 g/mol. The molecule has 12 heteroatoms. The molecule has 1 aromatic heterocycles. The van der Waals surface area contributed by atoms with Crippen molar-refractivity contribution >= 4 is 46.0 Å². The Morgan fingerprint density at radius 2 is 1.16 bits per heavy atom. The van der Waals surface area contributed by atoms with Gasteiger partial charge in [0.05, 0.1) is 24.6 Å². The molecule has 0 fully saturated rings. The zero-order chi connectivity index (χ0) is 48.9. The minimum Gasteiger partial charge on any atom is -0.465 e. The maximum Gasteiger partial charge on any atom is 0.308 e. The quantitative estimate of drug-likeness (QED) is 0.0489. The van der Waals surface area contributed by atoms with E-state index in [9.17, 15) is 24.0 Å². The summed E-state index contributed by atoms with van der Waals surface area (Å²) < 4.78 is 11.8. The van der Waals surface area contributed by atoms with Crippen LogP contribution >= 0.6 is 11.3 Å². The lowest BCUT2D eigenvalue weighted by Gasteiger charge is -2.27. The maximum absolute atomic E-state index is 13.7. The molecule has 2 N–H and O–H groups in total. The number of carbonyl (C=O) groups is 5. The first kappa shape index (κ1) is 60.1. The Morgan fingerprint density at radius 1 is 0.642 bits per heavy atom. The van der Waals surface area contributed by atoms with Crippen molar-refractivity contribution in [3.8, 4) is 0 Å². The van der Waals surface area contributed by atoms with Gasteiger partial charge < -0.3 is 29.9 Å². The fourth-order valence-electron chi connectivity index (χ4n) is 9.00. The van der Waals surface area contributed by atoms with Crippen molar-refractivity contribution in [2.24, 2.45) is 5.92 Å². The summed E-state index contributed by atoms with van der Waals surface area (Å²) in [6, 6.07) is 0. The fraction of sp³-hybridized carbons (Fsp3) is 0.836. The summed E-state index contributed by atoms with van der Waals surface area (Å²) in [5.74, 6) is -0.555. The minimum absolute atomic E-state index is 0.00554. The number of esters is 2. The van der Waals surface area contributed by atoms with Crippen molar-refractivity contribution in [2.45, 2.75) is 252 Å². The number of rotatable bonds is 42.